The van der Waals surface area contributed by atoms with E-state index in [4.69, 9.17) is 9.47 Å². The molecule has 0 aromatic heterocycles. The van der Waals surface area contributed by atoms with Crippen molar-refractivity contribution in [2.24, 2.45) is 10.9 Å². The molecule has 2 saturated heterocycles. The van der Waals surface area contributed by atoms with Crippen LogP contribution in [-0.2, 0) is 16.0 Å². The van der Waals surface area contributed by atoms with Gasteiger partial charge in [0.05, 0.1) is 0 Å². The number of nitrogens with one attached hydrogen (secondary N) is 1. The lowest BCUT2D eigenvalue weighted by atomic mass is 10.0. The molecule has 0 saturated carbocycles. The molecule has 2 aliphatic heterocycles. The van der Waals surface area contributed by atoms with E-state index in [1.807, 2.05) is 7.05 Å². The molecule has 0 spiro atoms. The number of hydrogen-bond donors (Lipinski definition) is 1. The summed E-state index contributed by atoms with van der Waals surface area (Å²) >= 11 is 0. The second-order valence-corrected chi connectivity index (χ2v) is 7.71. The number of ether oxygens (including phenoxy) is 2. The lowest BCUT2D eigenvalue weighted by molar-refractivity contribution is 0.0203. The molecule has 6 heteroatoms. The molecule has 0 atom stereocenters. The van der Waals surface area contributed by atoms with Crippen LogP contribution in [0.25, 0.3) is 0 Å². The number of rotatable bonds is 8. The van der Waals surface area contributed by atoms with E-state index < -0.39 is 0 Å². The molecule has 0 aliphatic carbocycles. The highest BCUT2D eigenvalue weighted by molar-refractivity contribution is 5.79. The minimum Gasteiger partial charge on any atom is -0.381 e. The average Bonchev–Trinajstić information content (AvgIpc) is 2.75. The van der Waals surface area contributed by atoms with Gasteiger partial charge in [-0.25, -0.2) is 0 Å². The molecule has 2 fully saturated rings. The van der Waals surface area contributed by atoms with Crippen molar-refractivity contribution in [2.75, 3.05) is 66.2 Å². The van der Waals surface area contributed by atoms with Gasteiger partial charge in [0.15, 0.2) is 5.96 Å². The summed E-state index contributed by atoms with van der Waals surface area (Å²) in [6, 6.07) is 10.7. The van der Waals surface area contributed by atoms with E-state index in [0.29, 0.717) is 5.92 Å². The fourth-order valence-corrected chi connectivity index (χ4v) is 3.83. The van der Waals surface area contributed by atoms with E-state index in [-0.39, 0.29) is 0 Å². The summed E-state index contributed by atoms with van der Waals surface area (Å²) in [7, 11) is 1.88. The number of piperazine rings is 1. The number of benzene rings is 1. The minimum atomic E-state index is 0.682. The van der Waals surface area contributed by atoms with Gasteiger partial charge >= 0.3 is 0 Å². The minimum absolute atomic E-state index is 0.682. The molecular formula is C22H36N4O2. The molecule has 0 amide bonds. The van der Waals surface area contributed by atoms with Crippen LogP contribution in [0, 0.1) is 5.92 Å². The molecule has 0 bridgehead atoms. The second kappa shape index (κ2) is 12.0. The van der Waals surface area contributed by atoms with Gasteiger partial charge in [-0.3, -0.25) is 9.89 Å². The van der Waals surface area contributed by atoms with Crippen molar-refractivity contribution in [2.45, 2.75) is 25.8 Å². The van der Waals surface area contributed by atoms with Crippen LogP contribution in [0.1, 0.15) is 24.8 Å². The molecular weight excluding hydrogens is 352 g/mol. The quantitative estimate of drug-likeness (QED) is 0.420. The Hall–Kier alpha value is -1.63. The molecule has 1 aromatic carbocycles. The van der Waals surface area contributed by atoms with Crippen LogP contribution in [0.15, 0.2) is 35.3 Å². The molecule has 156 valence electrons. The normalized spacial score (nSPS) is 19.8. The maximum Gasteiger partial charge on any atom is 0.193 e. The van der Waals surface area contributed by atoms with Gasteiger partial charge in [-0.1, -0.05) is 30.3 Å². The van der Waals surface area contributed by atoms with Crippen LogP contribution in [0.4, 0.5) is 0 Å². The Balaban J connectivity index is 1.27. The van der Waals surface area contributed by atoms with Crippen LogP contribution in [0.3, 0.4) is 0 Å². The van der Waals surface area contributed by atoms with Crippen LogP contribution < -0.4 is 5.32 Å². The number of hydrogen-bond acceptors (Lipinski definition) is 4. The van der Waals surface area contributed by atoms with Gasteiger partial charge in [-0.15, -0.1) is 0 Å². The monoisotopic (exact) mass is 388 g/mol. The van der Waals surface area contributed by atoms with Gasteiger partial charge in [-0.2, -0.15) is 0 Å². The Morgan fingerprint density at radius 1 is 1.14 bits per heavy atom. The van der Waals surface area contributed by atoms with E-state index >= 15 is 0 Å². The Kier molecular flexibility index (Phi) is 9.07. The SMILES string of the molecule is CN=C(NCCCOCC1CCOCC1)N1CCN(Cc2ccccc2)CC1. The predicted molar refractivity (Wildman–Crippen MR) is 114 cm³/mol. The van der Waals surface area contributed by atoms with Gasteiger partial charge in [0.1, 0.15) is 0 Å². The highest BCUT2D eigenvalue weighted by Gasteiger charge is 2.19. The fraction of sp³-hybridized carbons (Fsp3) is 0.682. The summed E-state index contributed by atoms with van der Waals surface area (Å²) in [4.78, 5) is 9.35. The number of guanidine groups is 1. The molecule has 3 rings (SSSR count). The lowest BCUT2D eigenvalue weighted by Gasteiger charge is -2.36. The molecule has 2 aliphatic rings. The van der Waals surface area contributed by atoms with E-state index in [0.717, 1.165) is 90.9 Å². The first-order chi connectivity index (χ1) is 13.8. The third-order valence-electron chi connectivity index (χ3n) is 5.58. The van der Waals surface area contributed by atoms with E-state index in [2.05, 4.69) is 50.4 Å². The fourth-order valence-electron chi connectivity index (χ4n) is 3.83. The van der Waals surface area contributed by atoms with Crippen molar-refractivity contribution in [3.63, 3.8) is 0 Å². The first kappa shape index (κ1) is 21.1. The van der Waals surface area contributed by atoms with Gasteiger partial charge in [-0.05, 0) is 30.7 Å². The van der Waals surface area contributed by atoms with Crippen LogP contribution in [0.5, 0.6) is 0 Å². The highest BCUT2D eigenvalue weighted by atomic mass is 16.5. The van der Waals surface area contributed by atoms with Gasteiger partial charge in [0.2, 0.25) is 0 Å². The zero-order chi connectivity index (χ0) is 19.4. The summed E-state index contributed by atoms with van der Waals surface area (Å²) in [5.74, 6) is 1.70. The number of aliphatic imine (C=N–C) groups is 1. The summed E-state index contributed by atoms with van der Waals surface area (Å²) in [5.41, 5.74) is 1.39. The van der Waals surface area contributed by atoms with Gasteiger partial charge < -0.3 is 19.7 Å². The van der Waals surface area contributed by atoms with Crippen molar-refractivity contribution in [1.82, 2.24) is 15.1 Å². The maximum atomic E-state index is 5.85. The van der Waals surface area contributed by atoms with Crippen LogP contribution >= 0.6 is 0 Å². The second-order valence-electron chi connectivity index (χ2n) is 7.71. The number of nitrogens with zero attached hydrogens (tertiary/aromatic N) is 3. The summed E-state index contributed by atoms with van der Waals surface area (Å²) in [5, 5.41) is 3.50. The van der Waals surface area contributed by atoms with Crippen molar-refractivity contribution in [3.05, 3.63) is 35.9 Å². The topological polar surface area (TPSA) is 49.3 Å². The third-order valence-corrected chi connectivity index (χ3v) is 5.58. The largest absolute Gasteiger partial charge is 0.381 e. The van der Waals surface area contributed by atoms with Crippen molar-refractivity contribution >= 4 is 5.96 Å². The van der Waals surface area contributed by atoms with Crippen molar-refractivity contribution in [1.29, 1.82) is 0 Å². The molecule has 0 radical (unpaired) electrons. The Morgan fingerprint density at radius 2 is 1.89 bits per heavy atom. The molecule has 28 heavy (non-hydrogen) atoms. The molecule has 2 heterocycles. The highest BCUT2D eigenvalue weighted by Crippen LogP contribution is 2.14. The zero-order valence-corrected chi connectivity index (χ0v) is 17.3. The molecule has 1 aromatic rings. The summed E-state index contributed by atoms with van der Waals surface area (Å²) < 4.78 is 11.2. The Morgan fingerprint density at radius 3 is 2.61 bits per heavy atom. The van der Waals surface area contributed by atoms with Crippen LogP contribution in [0.2, 0.25) is 0 Å². The Labute approximate surface area is 169 Å². The molecule has 0 unspecified atom stereocenters. The lowest BCUT2D eigenvalue weighted by Crippen LogP contribution is -2.52. The van der Waals surface area contributed by atoms with E-state index in [1.54, 1.807) is 0 Å². The first-order valence-electron chi connectivity index (χ1n) is 10.7. The smallest absolute Gasteiger partial charge is 0.193 e. The van der Waals surface area contributed by atoms with Gasteiger partial charge in [0, 0.05) is 72.7 Å². The van der Waals surface area contributed by atoms with Crippen LogP contribution in [-0.4, -0.2) is 82.0 Å². The molecule has 6 nitrogen and oxygen atoms in total. The summed E-state index contributed by atoms with van der Waals surface area (Å²) in [6.07, 6.45) is 3.29. The first-order valence-corrected chi connectivity index (χ1v) is 10.7. The third kappa shape index (κ3) is 7.08. The zero-order valence-electron chi connectivity index (χ0n) is 17.3. The standard InChI is InChI=1S/C22H36N4O2/c1-23-22(24-10-5-15-28-19-21-8-16-27-17-9-21)26-13-11-25(12-14-26)18-20-6-3-2-4-7-20/h2-4,6-7,21H,5,8-19H2,1H3,(H,23,24). The van der Waals surface area contributed by atoms with Crippen molar-refractivity contribution < 1.29 is 9.47 Å². The molecule has 1 N–H and O–H groups in total. The Bertz CT molecular complexity index is 567. The van der Waals surface area contributed by atoms with E-state index in [1.165, 1.54) is 5.56 Å². The van der Waals surface area contributed by atoms with Gasteiger partial charge in [0.25, 0.3) is 0 Å². The average molecular weight is 389 g/mol. The maximum absolute atomic E-state index is 5.85. The van der Waals surface area contributed by atoms with Crippen molar-refractivity contribution in [3.8, 4) is 0 Å². The summed E-state index contributed by atoms with van der Waals surface area (Å²) in [6.45, 7) is 9.60. The van der Waals surface area contributed by atoms with E-state index in [9.17, 15) is 0 Å². The predicted octanol–water partition coefficient (Wildman–Crippen LogP) is 2.21.